The van der Waals surface area contributed by atoms with Crippen LogP contribution in [-0.2, 0) is 42.2 Å². The molecule has 6 heteroatoms. The number of fused-ring (bicyclic) bond motifs is 2. The molecule has 3 rings (SSSR count). The lowest BCUT2D eigenvalue weighted by atomic mass is 9.74. The second-order valence-electron chi connectivity index (χ2n) is 7.54. The monoisotopic (exact) mass is 428 g/mol. The van der Waals surface area contributed by atoms with Crippen molar-refractivity contribution in [2.45, 2.75) is 71.6 Å². The van der Waals surface area contributed by atoms with Gasteiger partial charge in [-0.2, -0.15) is 8.42 Å². The van der Waals surface area contributed by atoms with Gasteiger partial charge in [0, 0.05) is 22.3 Å². The lowest BCUT2D eigenvalue weighted by Gasteiger charge is -2.28. The van der Waals surface area contributed by atoms with Crippen molar-refractivity contribution in [3.63, 3.8) is 0 Å². The van der Waals surface area contributed by atoms with E-state index < -0.39 is 10.1 Å². The van der Waals surface area contributed by atoms with Gasteiger partial charge in [0.25, 0.3) is 10.1 Å². The highest BCUT2D eigenvalue weighted by Crippen LogP contribution is 2.40. The summed E-state index contributed by atoms with van der Waals surface area (Å²) in [5.74, 6) is -0.550. The minimum Gasteiger partial charge on any atom is -0.289 e. The molecule has 1 aliphatic rings. The third-order valence-corrected chi connectivity index (χ3v) is 7.16. The van der Waals surface area contributed by atoms with Crippen LogP contribution in [0.5, 0.6) is 0 Å². The number of hydrogen-bond donors (Lipinski definition) is 1. The van der Waals surface area contributed by atoms with Crippen LogP contribution in [0.1, 0.15) is 94.3 Å². The normalized spacial score (nSPS) is 13.4. The molecule has 0 bridgehead atoms. The van der Waals surface area contributed by atoms with Crippen LogP contribution in [0.2, 0.25) is 0 Å². The molecule has 2 aromatic rings. The first-order valence-corrected chi connectivity index (χ1v) is 12.0. The van der Waals surface area contributed by atoms with Gasteiger partial charge in [-0.05, 0) is 66.0 Å². The highest BCUT2D eigenvalue weighted by molar-refractivity contribution is 7.86. The van der Waals surface area contributed by atoms with E-state index in [1.807, 2.05) is 26.8 Å². The summed E-state index contributed by atoms with van der Waals surface area (Å²) in [4.78, 5) is 27.2. The maximum Gasteiger partial charge on any atom is 0.295 e. The molecule has 0 atom stereocenters. The molecule has 0 fully saturated rings. The fourth-order valence-corrected chi connectivity index (χ4v) is 6.07. The van der Waals surface area contributed by atoms with Crippen LogP contribution in [0.15, 0.2) is 17.0 Å². The summed E-state index contributed by atoms with van der Waals surface area (Å²) in [6.45, 7) is 9.36. The Morgan fingerprint density at radius 1 is 0.667 bits per heavy atom. The van der Waals surface area contributed by atoms with Gasteiger partial charge in [0.1, 0.15) is 4.90 Å². The number of carbonyl (C=O) groups excluding carboxylic acids is 2. The maximum atomic E-state index is 13.8. The average Bonchev–Trinajstić information content (AvgIpc) is 2.73. The molecule has 0 saturated heterocycles. The Labute approximate surface area is 178 Å². The quantitative estimate of drug-likeness (QED) is 0.583. The number of aryl methyl sites for hydroxylation is 1. The molecule has 0 radical (unpaired) electrons. The van der Waals surface area contributed by atoms with E-state index in [1.54, 1.807) is 19.9 Å². The molecule has 1 N–H and O–H groups in total. The highest BCUT2D eigenvalue weighted by Gasteiger charge is 2.39. The zero-order valence-electron chi connectivity index (χ0n) is 18.2. The zero-order valence-corrected chi connectivity index (χ0v) is 19.0. The van der Waals surface area contributed by atoms with E-state index in [0.717, 1.165) is 17.5 Å². The van der Waals surface area contributed by atoms with E-state index in [9.17, 15) is 22.6 Å². The minimum absolute atomic E-state index is 0.142. The largest absolute Gasteiger partial charge is 0.295 e. The van der Waals surface area contributed by atoms with Gasteiger partial charge in [-0.1, -0.05) is 40.7 Å². The molecule has 160 valence electrons. The molecule has 30 heavy (non-hydrogen) atoms. The summed E-state index contributed by atoms with van der Waals surface area (Å²) >= 11 is 0. The molecule has 1 aliphatic carbocycles. The van der Waals surface area contributed by atoms with Gasteiger partial charge in [0.05, 0.1) is 0 Å². The van der Waals surface area contributed by atoms with Crippen molar-refractivity contribution < 1.29 is 22.6 Å². The fourth-order valence-electron chi connectivity index (χ4n) is 4.93. The Bertz CT molecular complexity index is 1170. The van der Waals surface area contributed by atoms with Crippen molar-refractivity contribution in [1.29, 1.82) is 0 Å². The van der Waals surface area contributed by atoms with E-state index in [4.69, 9.17) is 0 Å². The van der Waals surface area contributed by atoms with Crippen molar-refractivity contribution in [2.75, 3.05) is 0 Å². The van der Waals surface area contributed by atoms with Crippen LogP contribution >= 0.6 is 0 Å². The Kier molecular flexibility index (Phi) is 6.03. The van der Waals surface area contributed by atoms with E-state index in [2.05, 4.69) is 0 Å². The molecule has 2 aromatic carbocycles. The molecule has 0 spiro atoms. The highest BCUT2D eigenvalue weighted by atomic mass is 32.2. The first-order valence-electron chi connectivity index (χ1n) is 10.6. The van der Waals surface area contributed by atoms with E-state index in [1.165, 1.54) is 0 Å². The summed E-state index contributed by atoms with van der Waals surface area (Å²) < 4.78 is 34.7. The van der Waals surface area contributed by atoms with Crippen LogP contribution < -0.4 is 0 Å². The summed E-state index contributed by atoms with van der Waals surface area (Å²) in [5, 5.41) is 0. The topological polar surface area (TPSA) is 88.5 Å². The Balaban J connectivity index is 2.56. The van der Waals surface area contributed by atoms with Crippen molar-refractivity contribution in [2.24, 2.45) is 0 Å². The number of benzene rings is 2. The first-order chi connectivity index (χ1) is 14.2. The third-order valence-electron chi connectivity index (χ3n) is 6.15. The van der Waals surface area contributed by atoms with Gasteiger partial charge in [0.15, 0.2) is 11.6 Å². The summed E-state index contributed by atoms with van der Waals surface area (Å²) in [7, 11) is -4.56. The van der Waals surface area contributed by atoms with Gasteiger partial charge in [-0.15, -0.1) is 0 Å². The van der Waals surface area contributed by atoms with E-state index in [0.29, 0.717) is 47.1 Å². The fraction of sp³-hybridized carbons (Fsp3) is 0.417. The second kappa shape index (κ2) is 8.08. The number of carbonyl (C=O) groups is 2. The van der Waals surface area contributed by atoms with Crippen LogP contribution in [0, 0.1) is 0 Å². The molecule has 0 saturated carbocycles. The lowest BCUT2D eigenvalue weighted by Crippen LogP contribution is -2.29. The van der Waals surface area contributed by atoms with Gasteiger partial charge in [-0.25, -0.2) is 0 Å². The van der Waals surface area contributed by atoms with E-state index in [-0.39, 0.29) is 34.0 Å². The maximum absolute atomic E-state index is 13.8. The lowest BCUT2D eigenvalue weighted by molar-refractivity contribution is 0.0976. The molecule has 0 aliphatic heterocycles. The number of hydrogen-bond acceptors (Lipinski definition) is 4. The van der Waals surface area contributed by atoms with Gasteiger partial charge in [0.2, 0.25) is 0 Å². The third kappa shape index (κ3) is 3.13. The SMILES string of the molecule is CCc1ccc2c(c1CC)C(=O)c1c(CC)c(CC)c(S(=O)(=O)O)c(CC)c1C2=O. The van der Waals surface area contributed by atoms with Crippen molar-refractivity contribution in [1.82, 2.24) is 0 Å². The van der Waals surface area contributed by atoms with Gasteiger partial charge >= 0.3 is 0 Å². The van der Waals surface area contributed by atoms with Crippen LogP contribution in [0.25, 0.3) is 0 Å². The molecule has 0 amide bonds. The molecular weight excluding hydrogens is 400 g/mol. The van der Waals surface area contributed by atoms with Crippen molar-refractivity contribution in [3.05, 3.63) is 62.2 Å². The van der Waals surface area contributed by atoms with Crippen LogP contribution in [0.4, 0.5) is 0 Å². The van der Waals surface area contributed by atoms with Crippen LogP contribution in [0.3, 0.4) is 0 Å². The summed E-state index contributed by atoms with van der Waals surface area (Å²) in [6.07, 6.45) is 2.33. The van der Waals surface area contributed by atoms with Gasteiger partial charge in [-0.3, -0.25) is 14.1 Å². The smallest absolute Gasteiger partial charge is 0.289 e. The van der Waals surface area contributed by atoms with Gasteiger partial charge < -0.3 is 0 Å². The van der Waals surface area contributed by atoms with Crippen LogP contribution in [-0.4, -0.2) is 24.5 Å². The first kappa shape index (κ1) is 22.4. The summed E-state index contributed by atoms with van der Waals surface area (Å²) in [6, 6.07) is 3.56. The molecule has 0 aromatic heterocycles. The van der Waals surface area contributed by atoms with Crippen molar-refractivity contribution >= 4 is 21.7 Å². The average molecular weight is 429 g/mol. The minimum atomic E-state index is -4.56. The van der Waals surface area contributed by atoms with Crippen molar-refractivity contribution in [3.8, 4) is 0 Å². The predicted octanol–water partition coefficient (Wildman–Crippen LogP) is 4.52. The Morgan fingerprint density at radius 2 is 1.20 bits per heavy atom. The Morgan fingerprint density at radius 3 is 1.67 bits per heavy atom. The number of rotatable bonds is 6. The van der Waals surface area contributed by atoms with E-state index >= 15 is 0 Å². The Hall–Kier alpha value is -2.31. The predicted molar refractivity (Wildman–Crippen MR) is 116 cm³/mol. The second-order valence-corrected chi connectivity index (χ2v) is 8.90. The molecule has 0 heterocycles. The zero-order chi connectivity index (χ0) is 22.4. The molecular formula is C24H28O5S. The summed E-state index contributed by atoms with van der Waals surface area (Å²) in [5.41, 5.74) is 4.38. The molecule has 0 unspecified atom stereocenters. The molecule has 5 nitrogen and oxygen atoms in total. The number of ketones is 2. The standard InChI is InChI=1S/C24H28O5S/c1-6-13-11-12-18-19(14(13)7-2)23(26)20-15(8-3)16(9-4)24(30(27,28)29)17(10-5)21(20)22(18)25/h11-12H,6-10H2,1-5H3,(H,27,28,29).